The topological polar surface area (TPSA) is 38.3 Å². The molecule has 0 aromatic heterocycles. The van der Waals surface area contributed by atoms with Crippen LogP contribution in [-0.4, -0.2) is 50.5 Å². The molecule has 1 saturated heterocycles. The number of piperazine rings is 1. The standard InChI is InChI=1S/C22H30N2O2/c1-18-8-9-19(2)22(14-18)26-17-21(25)16-24-12-10-23(11-13-24)15-20-6-4-3-5-7-20/h3-9,14,21,25H,10-13,15-17H2,1-2H3/p+2/t21-/m1/s1. The van der Waals surface area contributed by atoms with Crippen LogP contribution in [0.2, 0.25) is 0 Å². The lowest BCUT2D eigenvalue weighted by molar-refractivity contribution is -1.02. The van der Waals surface area contributed by atoms with Gasteiger partial charge in [0.1, 0.15) is 57.7 Å². The van der Waals surface area contributed by atoms with Crippen LogP contribution >= 0.6 is 0 Å². The van der Waals surface area contributed by atoms with Crippen molar-refractivity contribution in [2.75, 3.05) is 39.3 Å². The summed E-state index contributed by atoms with van der Waals surface area (Å²) in [6.45, 7) is 10.9. The van der Waals surface area contributed by atoms with E-state index in [0.29, 0.717) is 6.61 Å². The zero-order valence-electron chi connectivity index (χ0n) is 16.0. The van der Waals surface area contributed by atoms with Gasteiger partial charge in [-0.15, -0.1) is 0 Å². The number of hydrogen-bond acceptors (Lipinski definition) is 2. The second-order valence-electron chi connectivity index (χ2n) is 7.60. The van der Waals surface area contributed by atoms with Crippen molar-refractivity contribution in [2.45, 2.75) is 26.5 Å². The van der Waals surface area contributed by atoms with Crippen molar-refractivity contribution in [2.24, 2.45) is 0 Å². The summed E-state index contributed by atoms with van der Waals surface area (Å²) in [6, 6.07) is 16.9. The minimum absolute atomic E-state index is 0.369. The average molecular weight is 357 g/mol. The Morgan fingerprint density at radius 2 is 1.65 bits per heavy atom. The smallest absolute Gasteiger partial charge is 0.137 e. The highest BCUT2D eigenvalue weighted by Gasteiger charge is 2.25. The number of hydrogen-bond donors (Lipinski definition) is 3. The first-order chi connectivity index (χ1) is 12.6. The summed E-state index contributed by atoms with van der Waals surface area (Å²) in [4.78, 5) is 3.12. The van der Waals surface area contributed by atoms with Gasteiger partial charge in [0.05, 0.1) is 0 Å². The Kier molecular flexibility index (Phi) is 6.67. The van der Waals surface area contributed by atoms with Crippen LogP contribution in [0.5, 0.6) is 5.75 Å². The van der Waals surface area contributed by atoms with E-state index in [1.54, 1.807) is 4.90 Å². The zero-order valence-corrected chi connectivity index (χ0v) is 16.0. The van der Waals surface area contributed by atoms with Gasteiger partial charge in [-0.25, -0.2) is 0 Å². The molecular formula is C22H32N2O2+2. The van der Waals surface area contributed by atoms with Crippen LogP contribution in [0.15, 0.2) is 48.5 Å². The molecule has 140 valence electrons. The molecule has 0 bridgehead atoms. The van der Waals surface area contributed by atoms with E-state index < -0.39 is 6.10 Å². The molecule has 1 atom stereocenters. The highest BCUT2D eigenvalue weighted by molar-refractivity contribution is 5.35. The summed E-state index contributed by atoms with van der Waals surface area (Å²) in [5, 5.41) is 10.4. The van der Waals surface area contributed by atoms with Gasteiger partial charge in [0.2, 0.25) is 0 Å². The molecule has 0 radical (unpaired) electrons. The van der Waals surface area contributed by atoms with Gasteiger partial charge in [-0.3, -0.25) is 0 Å². The SMILES string of the molecule is Cc1ccc(C)c(OC[C@H](O)C[NH+]2CC[NH+](Cc3ccccc3)CC2)c1. The Balaban J connectivity index is 1.39. The Labute approximate surface area is 157 Å². The lowest BCUT2D eigenvalue weighted by atomic mass is 10.1. The van der Waals surface area contributed by atoms with Crippen molar-refractivity contribution in [1.82, 2.24) is 0 Å². The summed E-state index contributed by atoms with van der Waals surface area (Å²) >= 11 is 0. The quantitative estimate of drug-likeness (QED) is 0.655. The molecule has 0 amide bonds. The second kappa shape index (κ2) is 9.17. The molecule has 0 aliphatic carbocycles. The molecule has 0 saturated carbocycles. The van der Waals surface area contributed by atoms with E-state index in [9.17, 15) is 5.11 Å². The minimum Gasteiger partial charge on any atom is -0.490 e. The van der Waals surface area contributed by atoms with Crippen molar-refractivity contribution in [1.29, 1.82) is 0 Å². The van der Waals surface area contributed by atoms with Crippen molar-refractivity contribution < 1.29 is 19.6 Å². The van der Waals surface area contributed by atoms with Gasteiger partial charge in [0.15, 0.2) is 0 Å². The normalized spacial score (nSPS) is 21.3. The van der Waals surface area contributed by atoms with Gasteiger partial charge in [0, 0.05) is 5.56 Å². The fourth-order valence-electron chi connectivity index (χ4n) is 3.66. The number of nitrogens with one attached hydrogen (secondary N) is 2. The summed E-state index contributed by atoms with van der Waals surface area (Å²) < 4.78 is 5.85. The molecular weight excluding hydrogens is 324 g/mol. The Morgan fingerprint density at radius 3 is 2.38 bits per heavy atom. The van der Waals surface area contributed by atoms with Crippen LogP contribution in [0.25, 0.3) is 0 Å². The largest absolute Gasteiger partial charge is 0.490 e. The van der Waals surface area contributed by atoms with E-state index in [-0.39, 0.29) is 0 Å². The van der Waals surface area contributed by atoms with Crippen molar-refractivity contribution in [3.05, 3.63) is 65.2 Å². The van der Waals surface area contributed by atoms with E-state index >= 15 is 0 Å². The van der Waals surface area contributed by atoms with Gasteiger partial charge < -0.3 is 19.6 Å². The van der Waals surface area contributed by atoms with Crippen LogP contribution in [0, 0.1) is 13.8 Å². The van der Waals surface area contributed by atoms with Gasteiger partial charge in [-0.1, -0.05) is 42.5 Å². The summed E-state index contributed by atoms with van der Waals surface area (Å²) in [5.41, 5.74) is 3.71. The molecule has 3 N–H and O–H groups in total. The monoisotopic (exact) mass is 356 g/mol. The van der Waals surface area contributed by atoms with E-state index in [2.05, 4.69) is 49.4 Å². The molecule has 4 heteroatoms. The third kappa shape index (κ3) is 5.56. The second-order valence-corrected chi connectivity index (χ2v) is 7.60. The first-order valence-corrected chi connectivity index (χ1v) is 9.69. The Morgan fingerprint density at radius 1 is 0.962 bits per heavy atom. The number of rotatable bonds is 7. The van der Waals surface area contributed by atoms with Crippen LogP contribution in [-0.2, 0) is 6.54 Å². The average Bonchev–Trinajstić information content (AvgIpc) is 2.65. The van der Waals surface area contributed by atoms with Crippen LogP contribution in [0.4, 0.5) is 0 Å². The Hall–Kier alpha value is -1.88. The van der Waals surface area contributed by atoms with Gasteiger partial charge in [0.25, 0.3) is 0 Å². The van der Waals surface area contributed by atoms with Gasteiger partial charge in [-0.2, -0.15) is 0 Å². The Bertz CT molecular complexity index is 682. The third-order valence-electron chi connectivity index (χ3n) is 5.26. The molecule has 2 aromatic carbocycles. The van der Waals surface area contributed by atoms with Gasteiger partial charge >= 0.3 is 0 Å². The molecule has 1 heterocycles. The molecule has 1 aliphatic heterocycles. The molecule has 1 aliphatic rings. The lowest BCUT2D eigenvalue weighted by Gasteiger charge is -2.30. The maximum absolute atomic E-state index is 10.4. The van der Waals surface area contributed by atoms with E-state index in [0.717, 1.165) is 50.6 Å². The van der Waals surface area contributed by atoms with E-state index in [4.69, 9.17) is 4.74 Å². The summed E-state index contributed by atoms with van der Waals surface area (Å²) in [7, 11) is 0. The summed E-state index contributed by atoms with van der Waals surface area (Å²) in [6.07, 6.45) is -0.416. The number of aliphatic hydroxyl groups excluding tert-OH is 1. The number of aryl methyl sites for hydroxylation is 2. The maximum Gasteiger partial charge on any atom is 0.137 e. The van der Waals surface area contributed by atoms with E-state index in [1.165, 1.54) is 16.0 Å². The highest BCUT2D eigenvalue weighted by Crippen LogP contribution is 2.19. The van der Waals surface area contributed by atoms with Crippen molar-refractivity contribution in [3.63, 3.8) is 0 Å². The highest BCUT2D eigenvalue weighted by atomic mass is 16.5. The lowest BCUT2D eigenvalue weighted by Crippen LogP contribution is -3.28. The fraction of sp³-hybridized carbons (Fsp3) is 0.455. The molecule has 3 rings (SSSR count). The maximum atomic E-state index is 10.4. The minimum atomic E-state index is -0.416. The molecule has 26 heavy (non-hydrogen) atoms. The number of benzene rings is 2. The summed E-state index contributed by atoms with van der Waals surface area (Å²) in [5.74, 6) is 0.885. The predicted molar refractivity (Wildman–Crippen MR) is 104 cm³/mol. The van der Waals surface area contributed by atoms with Crippen LogP contribution in [0.3, 0.4) is 0 Å². The van der Waals surface area contributed by atoms with Gasteiger partial charge in [-0.05, 0) is 31.0 Å². The van der Waals surface area contributed by atoms with Crippen molar-refractivity contribution >= 4 is 0 Å². The fourth-order valence-corrected chi connectivity index (χ4v) is 3.66. The first kappa shape index (κ1) is 18.9. The van der Waals surface area contributed by atoms with E-state index in [1.807, 2.05) is 13.0 Å². The van der Waals surface area contributed by atoms with Crippen LogP contribution < -0.4 is 14.5 Å². The molecule has 0 unspecified atom stereocenters. The van der Waals surface area contributed by atoms with Crippen LogP contribution in [0.1, 0.15) is 16.7 Å². The predicted octanol–water partition coefficient (Wildman–Crippen LogP) is 0.0267. The zero-order chi connectivity index (χ0) is 18.4. The van der Waals surface area contributed by atoms with Crippen molar-refractivity contribution in [3.8, 4) is 5.75 Å². The number of aliphatic hydroxyl groups is 1. The molecule has 0 spiro atoms. The molecule has 2 aromatic rings. The first-order valence-electron chi connectivity index (χ1n) is 9.69. The molecule has 4 nitrogen and oxygen atoms in total. The molecule has 1 fully saturated rings. The number of quaternary nitrogens is 2. The number of ether oxygens (including phenoxy) is 1. The third-order valence-corrected chi connectivity index (χ3v) is 5.26.